The highest BCUT2D eigenvalue weighted by Crippen LogP contribution is 2.20. The highest BCUT2D eigenvalue weighted by Gasteiger charge is 2.40. The molecule has 5 heteroatoms. The van der Waals surface area contributed by atoms with Gasteiger partial charge >= 0.3 is 0 Å². The quantitative estimate of drug-likeness (QED) is 0.800. The van der Waals surface area contributed by atoms with Crippen molar-refractivity contribution in [2.75, 3.05) is 12.0 Å². The fourth-order valence-corrected chi connectivity index (χ4v) is 2.98. The fraction of sp³-hybridized carbons (Fsp3) is 0.846. The van der Waals surface area contributed by atoms with Crippen molar-refractivity contribution in [3.63, 3.8) is 0 Å². The smallest absolute Gasteiger partial charge is 0.246 e. The van der Waals surface area contributed by atoms with Gasteiger partial charge in [-0.05, 0) is 38.2 Å². The van der Waals surface area contributed by atoms with Crippen LogP contribution < -0.4 is 5.32 Å². The normalized spacial score (nSPS) is 26.1. The van der Waals surface area contributed by atoms with Crippen molar-refractivity contribution < 1.29 is 9.59 Å². The van der Waals surface area contributed by atoms with Gasteiger partial charge in [-0.15, -0.1) is 0 Å². The number of hydrogen-bond acceptors (Lipinski definition) is 3. The Balaban J connectivity index is 2.85. The first-order valence-electron chi connectivity index (χ1n) is 6.68. The number of amides is 2. The Bertz CT molecular complexity index is 309. The van der Waals surface area contributed by atoms with Crippen LogP contribution in [-0.2, 0) is 9.59 Å². The van der Waals surface area contributed by atoms with Crippen LogP contribution in [0.1, 0.15) is 40.0 Å². The van der Waals surface area contributed by atoms with E-state index in [2.05, 4.69) is 11.6 Å². The lowest BCUT2D eigenvalue weighted by molar-refractivity contribution is -0.152. The molecule has 1 rings (SSSR count). The number of carbonyl (C=O) groups excluding carboxylic acids is 2. The summed E-state index contributed by atoms with van der Waals surface area (Å²) < 4.78 is 0. The zero-order valence-corrected chi connectivity index (χ0v) is 12.5. The van der Waals surface area contributed by atoms with Gasteiger partial charge in [0.25, 0.3) is 0 Å². The molecular formula is C13H24N2O2S. The summed E-state index contributed by atoms with van der Waals surface area (Å²) in [5.74, 6) is 1.09. The van der Waals surface area contributed by atoms with E-state index in [4.69, 9.17) is 0 Å². The molecule has 1 saturated heterocycles. The molecule has 1 aliphatic rings. The summed E-state index contributed by atoms with van der Waals surface area (Å²) in [6.45, 7) is 5.93. The van der Waals surface area contributed by atoms with Gasteiger partial charge in [-0.1, -0.05) is 13.8 Å². The Morgan fingerprint density at radius 3 is 2.50 bits per heavy atom. The molecule has 3 unspecified atom stereocenters. The Morgan fingerprint density at radius 2 is 2.00 bits per heavy atom. The minimum absolute atomic E-state index is 0.0000449. The molecule has 18 heavy (non-hydrogen) atoms. The molecule has 2 amide bonds. The van der Waals surface area contributed by atoms with Crippen molar-refractivity contribution >= 4 is 23.6 Å². The number of rotatable bonds is 6. The molecule has 1 fully saturated rings. The second-order valence-electron chi connectivity index (χ2n) is 4.77. The molecule has 0 saturated carbocycles. The molecule has 0 aliphatic carbocycles. The maximum Gasteiger partial charge on any atom is 0.246 e. The van der Waals surface area contributed by atoms with Crippen LogP contribution in [0.4, 0.5) is 0 Å². The molecule has 0 aromatic carbocycles. The summed E-state index contributed by atoms with van der Waals surface area (Å²) in [5, 5.41) is 2.82. The number of piperazine rings is 1. The van der Waals surface area contributed by atoms with E-state index in [1.165, 1.54) is 0 Å². The summed E-state index contributed by atoms with van der Waals surface area (Å²) in [6, 6.07) is -0.496. The van der Waals surface area contributed by atoms with E-state index in [1.807, 2.05) is 25.7 Å². The molecule has 3 atom stereocenters. The predicted octanol–water partition coefficient (Wildman–Crippen LogP) is 1.64. The first-order valence-corrected chi connectivity index (χ1v) is 8.07. The molecule has 4 nitrogen and oxygen atoms in total. The van der Waals surface area contributed by atoms with Gasteiger partial charge in [0.15, 0.2) is 0 Å². The maximum absolute atomic E-state index is 12.4. The monoisotopic (exact) mass is 272 g/mol. The average molecular weight is 272 g/mol. The van der Waals surface area contributed by atoms with E-state index in [0.29, 0.717) is 12.8 Å². The SMILES string of the molecule is CCC1NC(=O)C(CC)N(C(C)CCSC)C1=O. The Morgan fingerprint density at radius 1 is 1.33 bits per heavy atom. The summed E-state index contributed by atoms with van der Waals surface area (Å²) in [7, 11) is 0. The second-order valence-corrected chi connectivity index (χ2v) is 5.76. The van der Waals surface area contributed by atoms with Gasteiger partial charge in [-0.3, -0.25) is 9.59 Å². The van der Waals surface area contributed by atoms with E-state index in [0.717, 1.165) is 12.2 Å². The third kappa shape index (κ3) is 3.19. The molecule has 104 valence electrons. The highest BCUT2D eigenvalue weighted by molar-refractivity contribution is 7.98. The molecule has 1 N–H and O–H groups in total. The minimum Gasteiger partial charge on any atom is -0.343 e. The van der Waals surface area contributed by atoms with Crippen LogP contribution in [0, 0.1) is 0 Å². The number of carbonyl (C=O) groups is 2. The molecule has 1 aliphatic heterocycles. The lowest BCUT2D eigenvalue weighted by Gasteiger charge is -2.42. The van der Waals surface area contributed by atoms with Gasteiger partial charge in [0.05, 0.1) is 0 Å². The van der Waals surface area contributed by atoms with E-state index < -0.39 is 0 Å². The van der Waals surface area contributed by atoms with Crippen molar-refractivity contribution in [1.29, 1.82) is 0 Å². The van der Waals surface area contributed by atoms with Crippen LogP contribution in [0.3, 0.4) is 0 Å². The van der Waals surface area contributed by atoms with E-state index in [9.17, 15) is 9.59 Å². The average Bonchev–Trinajstić information content (AvgIpc) is 2.37. The van der Waals surface area contributed by atoms with Crippen LogP contribution in [0.15, 0.2) is 0 Å². The largest absolute Gasteiger partial charge is 0.343 e. The molecule has 0 spiro atoms. The van der Waals surface area contributed by atoms with Crippen molar-refractivity contribution in [2.45, 2.75) is 58.2 Å². The topological polar surface area (TPSA) is 49.4 Å². The van der Waals surface area contributed by atoms with Crippen LogP contribution in [-0.4, -0.2) is 46.8 Å². The van der Waals surface area contributed by atoms with E-state index in [1.54, 1.807) is 11.8 Å². The van der Waals surface area contributed by atoms with Crippen LogP contribution in [0.5, 0.6) is 0 Å². The van der Waals surface area contributed by atoms with E-state index in [-0.39, 0.29) is 29.9 Å². The lowest BCUT2D eigenvalue weighted by Crippen LogP contribution is -2.65. The second kappa shape index (κ2) is 7.02. The summed E-state index contributed by atoms with van der Waals surface area (Å²) >= 11 is 1.77. The summed E-state index contributed by atoms with van der Waals surface area (Å²) in [4.78, 5) is 26.2. The predicted molar refractivity (Wildman–Crippen MR) is 75.6 cm³/mol. The Kier molecular flexibility index (Phi) is 5.99. The Labute approximate surface area is 114 Å². The standard InChI is InChI=1S/C13H24N2O2S/c1-5-10-13(17)15(9(3)7-8-18-4)11(6-2)12(16)14-10/h9-11H,5-8H2,1-4H3,(H,14,16). The van der Waals surface area contributed by atoms with Gasteiger partial charge in [0.2, 0.25) is 11.8 Å². The molecule has 0 radical (unpaired) electrons. The van der Waals surface area contributed by atoms with Crippen LogP contribution >= 0.6 is 11.8 Å². The zero-order chi connectivity index (χ0) is 13.7. The molecule has 0 aromatic heterocycles. The van der Waals surface area contributed by atoms with Gasteiger partial charge in [0, 0.05) is 6.04 Å². The van der Waals surface area contributed by atoms with Crippen molar-refractivity contribution in [2.24, 2.45) is 0 Å². The molecule has 1 heterocycles. The fourth-order valence-electron chi connectivity index (χ4n) is 2.40. The highest BCUT2D eigenvalue weighted by atomic mass is 32.2. The van der Waals surface area contributed by atoms with Crippen molar-refractivity contribution in [3.8, 4) is 0 Å². The lowest BCUT2D eigenvalue weighted by atomic mass is 10.0. The Hall–Kier alpha value is -0.710. The molecule has 0 aromatic rings. The van der Waals surface area contributed by atoms with Gasteiger partial charge in [-0.25, -0.2) is 0 Å². The number of hydrogen-bond donors (Lipinski definition) is 1. The number of nitrogens with zero attached hydrogens (tertiary/aromatic N) is 1. The van der Waals surface area contributed by atoms with Crippen LogP contribution in [0.25, 0.3) is 0 Å². The maximum atomic E-state index is 12.4. The minimum atomic E-state index is -0.336. The molecule has 0 bridgehead atoms. The number of thioether (sulfide) groups is 1. The molecular weight excluding hydrogens is 248 g/mol. The van der Waals surface area contributed by atoms with Crippen LogP contribution in [0.2, 0.25) is 0 Å². The van der Waals surface area contributed by atoms with E-state index >= 15 is 0 Å². The summed E-state index contributed by atoms with van der Waals surface area (Å²) in [5.41, 5.74) is 0. The van der Waals surface area contributed by atoms with Gasteiger partial charge < -0.3 is 10.2 Å². The number of nitrogens with one attached hydrogen (secondary N) is 1. The third-order valence-corrected chi connectivity index (χ3v) is 4.16. The van der Waals surface area contributed by atoms with Crippen molar-refractivity contribution in [1.82, 2.24) is 10.2 Å². The first kappa shape index (κ1) is 15.3. The van der Waals surface area contributed by atoms with Gasteiger partial charge in [0.1, 0.15) is 12.1 Å². The first-order chi connectivity index (χ1) is 8.56. The third-order valence-electron chi connectivity index (χ3n) is 3.52. The summed E-state index contributed by atoms with van der Waals surface area (Å²) in [6.07, 6.45) is 4.33. The van der Waals surface area contributed by atoms with Crippen molar-refractivity contribution in [3.05, 3.63) is 0 Å². The van der Waals surface area contributed by atoms with Gasteiger partial charge in [-0.2, -0.15) is 11.8 Å². The zero-order valence-electron chi connectivity index (χ0n) is 11.7.